The first kappa shape index (κ1) is 14.9. The van der Waals surface area contributed by atoms with Crippen molar-refractivity contribution >= 4 is 34.8 Å². The van der Waals surface area contributed by atoms with Crippen LogP contribution in [0.3, 0.4) is 0 Å². The van der Waals surface area contributed by atoms with Crippen LogP contribution in [0, 0.1) is 0 Å². The van der Waals surface area contributed by atoms with Gasteiger partial charge in [0.25, 0.3) is 0 Å². The molecule has 0 saturated carbocycles. The topological polar surface area (TPSA) is 84.2 Å². The van der Waals surface area contributed by atoms with Crippen molar-refractivity contribution < 1.29 is 9.59 Å². The molecule has 0 saturated heterocycles. The summed E-state index contributed by atoms with van der Waals surface area (Å²) in [7, 11) is 0. The fourth-order valence-corrected chi connectivity index (χ4v) is 1.75. The number of amides is 2. The average Bonchev–Trinajstić information content (AvgIpc) is 2.48. The molecular weight excluding hydrogens is 290 g/mol. The Labute approximate surface area is 127 Å². The second kappa shape index (κ2) is 6.76. The van der Waals surface area contributed by atoms with E-state index in [-0.39, 0.29) is 6.54 Å². The van der Waals surface area contributed by atoms with Crippen LogP contribution in [0.2, 0.25) is 5.02 Å². The lowest BCUT2D eigenvalue weighted by atomic mass is 10.2. The summed E-state index contributed by atoms with van der Waals surface area (Å²) < 4.78 is 0. The maximum atomic E-state index is 11.7. The maximum Gasteiger partial charge on any atom is 0.313 e. The van der Waals surface area contributed by atoms with Gasteiger partial charge in [-0.2, -0.15) is 0 Å². The minimum absolute atomic E-state index is 0.257. The number of hydrogen-bond acceptors (Lipinski definition) is 3. The van der Waals surface area contributed by atoms with Gasteiger partial charge in [-0.3, -0.25) is 9.59 Å². The fourth-order valence-electron chi connectivity index (χ4n) is 1.62. The van der Waals surface area contributed by atoms with E-state index in [1.54, 1.807) is 48.5 Å². The quantitative estimate of drug-likeness (QED) is 0.600. The first-order chi connectivity index (χ1) is 10.0. The van der Waals surface area contributed by atoms with E-state index in [0.29, 0.717) is 16.4 Å². The summed E-state index contributed by atoms with van der Waals surface area (Å²) >= 11 is 5.74. The highest BCUT2D eigenvalue weighted by Gasteiger charge is 2.13. The van der Waals surface area contributed by atoms with Crippen LogP contribution in [-0.2, 0) is 16.1 Å². The number of carbonyl (C=O) groups is 2. The van der Waals surface area contributed by atoms with Crippen LogP contribution in [-0.4, -0.2) is 11.8 Å². The summed E-state index contributed by atoms with van der Waals surface area (Å²) in [6, 6.07) is 13.5. The number of anilines is 2. The standard InChI is InChI=1S/C15H14ClN3O2/c16-11-3-7-13(8-4-11)19-15(21)14(20)18-9-10-1-5-12(17)6-2-10/h1-8H,9,17H2,(H,18,20)(H,19,21). The molecule has 0 unspecified atom stereocenters. The van der Waals surface area contributed by atoms with E-state index < -0.39 is 11.8 Å². The Morgan fingerprint density at radius 2 is 1.57 bits per heavy atom. The zero-order chi connectivity index (χ0) is 15.2. The smallest absolute Gasteiger partial charge is 0.313 e. The highest BCUT2D eigenvalue weighted by molar-refractivity contribution is 6.39. The predicted octanol–water partition coefficient (Wildman–Crippen LogP) is 2.18. The van der Waals surface area contributed by atoms with Crippen molar-refractivity contribution in [2.24, 2.45) is 0 Å². The Morgan fingerprint density at radius 1 is 0.952 bits per heavy atom. The number of nitrogen functional groups attached to an aromatic ring is 1. The van der Waals surface area contributed by atoms with E-state index >= 15 is 0 Å². The number of benzene rings is 2. The van der Waals surface area contributed by atoms with E-state index in [0.717, 1.165) is 5.56 Å². The van der Waals surface area contributed by atoms with Gasteiger partial charge in [-0.05, 0) is 42.0 Å². The Kier molecular flexibility index (Phi) is 4.79. The second-order valence-corrected chi connectivity index (χ2v) is 4.82. The number of carbonyl (C=O) groups excluding carboxylic acids is 2. The average molecular weight is 304 g/mol. The largest absolute Gasteiger partial charge is 0.399 e. The Morgan fingerprint density at radius 3 is 2.19 bits per heavy atom. The van der Waals surface area contributed by atoms with Gasteiger partial charge in [-0.1, -0.05) is 23.7 Å². The van der Waals surface area contributed by atoms with E-state index in [4.69, 9.17) is 17.3 Å². The van der Waals surface area contributed by atoms with Crippen LogP contribution in [0.1, 0.15) is 5.56 Å². The number of nitrogens with one attached hydrogen (secondary N) is 2. The zero-order valence-corrected chi connectivity index (χ0v) is 11.9. The predicted molar refractivity (Wildman–Crippen MR) is 82.8 cm³/mol. The first-order valence-corrected chi connectivity index (χ1v) is 6.61. The molecule has 2 aromatic carbocycles. The fraction of sp³-hybridized carbons (Fsp3) is 0.0667. The number of rotatable bonds is 3. The van der Waals surface area contributed by atoms with Crippen molar-refractivity contribution in [2.45, 2.75) is 6.54 Å². The Bertz CT molecular complexity index is 639. The molecule has 2 amide bonds. The molecule has 0 aliphatic heterocycles. The maximum absolute atomic E-state index is 11.7. The van der Waals surface area contributed by atoms with Gasteiger partial charge in [0.1, 0.15) is 0 Å². The normalized spacial score (nSPS) is 9.95. The van der Waals surface area contributed by atoms with Gasteiger partial charge in [0.15, 0.2) is 0 Å². The monoisotopic (exact) mass is 303 g/mol. The van der Waals surface area contributed by atoms with Gasteiger partial charge < -0.3 is 16.4 Å². The molecule has 6 heteroatoms. The summed E-state index contributed by atoms with van der Waals surface area (Å²) in [5.74, 6) is -1.44. The van der Waals surface area contributed by atoms with Crippen LogP contribution in [0.4, 0.5) is 11.4 Å². The first-order valence-electron chi connectivity index (χ1n) is 6.24. The van der Waals surface area contributed by atoms with E-state index in [1.165, 1.54) is 0 Å². The molecule has 0 spiro atoms. The minimum Gasteiger partial charge on any atom is -0.399 e. The molecular formula is C15H14ClN3O2. The molecule has 0 heterocycles. The van der Waals surface area contributed by atoms with Crippen LogP contribution in [0.25, 0.3) is 0 Å². The van der Waals surface area contributed by atoms with E-state index in [9.17, 15) is 9.59 Å². The third-order valence-corrected chi connectivity index (χ3v) is 2.99. The van der Waals surface area contributed by atoms with Gasteiger partial charge in [0.2, 0.25) is 0 Å². The van der Waals surface area contributed by atoms with Gasteiger partial charge in [-0.25, -0.2) is 0 Å². The van der Waals surface area contributed by atoms with Crippen LogP contribution in [0.15, 0.2) is 48.5 Å². The van der Waals surface area contributed by atoms with Crippen LogP contribution >= 0.6 is 11.6 Å². The molecule has 5 nitrogen and oxygen atoms in total. The molecule has 4 N–H and O–H groups in total. The summed E-state index contributed by atoms with van der Waals surface area (Å²) in [5.41, 5.74) is 7.58. The minimum atomic E-state index is -0.729. The number of hydrogen-bond donors (Lipinski definition) is 3. The molecule has 2 aromatic rings. The molecule has 0 bridgehead atoms. The molecule has 108 valence electrons. The molecule has 0 fully saturated rings. The molecule has 0 aliphatic rings. The van der Waals surface area contributed by atoms with Gasteiger partial charge in [0, 0.05) is 22.9 Å². The summed E-state index contributed by atoms with van der Waals surface area (Å²) in [4.78, 5) is 23.4. The van der Waals surface area contributed by atoms with E-state index in [2.05, 4.69) is 10.6 Å². The summed E-state index contributed by atoms with van der Waals surface area (Å²) in [5, 5.41) is 5.57. The highest BCUT2D eigenvalue weighted by Crippen LogP contribution is 2.13. The molecule has 2 rings (SSSR count). The van der Waals surface area contributed by atoms with Gasteiger partial charge >= 0.3 is 11.8 Å². The van der Waals surface area contributed by atoms with Gasteiger partial charge in [-0.15, -0.1) is 0 Å². The third kappa shape index (κ3) is 4.50. The van der Waals surface area contributed by atoms with Crippen molar-refractivity contribution in [1.29, 1.82) is 0 Å². The SMILES string of the molecule is Nc1ccc(CNC(=O)C(=O)Nc2ccc(Cl)cc2)cc1. The number of halogens is 1. The highest BCUT2D eigenvalue weighted by atomic mass is 35.5. The third-order valence-electron chi connectivity index (χ3n) is 2.74. The van der Waals surface area contributed by atoms with Crippen molar-refractivity contribution in [2.75, 3.05) is 11.1 Å². The van der Waals surface area contributed by atoms with Crippen LogP contribution < -0.4 is 16.4 Å². The Balaban J connectivity index is 1.86. The summed E-state index contributed by atoms with van der Waals surface area (Å²) in [6.07, 6.45) is 0. The van der Waals surface area contributed by atoms with Crippen LogP contribution in [0.5, 0.6) is 0 Å². The van der Waals surface area contributed by atoms with E-state index in [1.807, 2.05) is 0 Å². The Hall–Kier alpha value is -2.53. The lowest BCUT2D eigenvalue weighted by Gasteiger charge is -2.07. The van der Waals surface area contributed by atoms with Crippen molar-refractivity contribution in [3.05, 3.63) is 59.1 Å². The van der Waals surface area contributed by atoms with Crippen molar-refractivity contribution in [3.8, 4) is 0 Å². The van der Waals surface area contributed by atoms with Crippen molar-refractivity contribution in [3.63, 3.8) is 0 Å². The second-order valence-electron chi connectivity index (χ2n) is 4.39. The molecule has 0 aromatic heterocycles. The molecule has 21 heavy (non-hydrogen) atoms. The zero-order valence-electron chi connectivity index (χ0n) is 11.1. The van der Waals surface area contributed by atoms with Crippen molar-refractivity contribution in [1.82, 2.24) is 5.32 Å². The molecule has 0 radical (unpaired) electrons. The lowest BCUT2D eigenvalue weighted by Crippen LogP contribution is -2.34. The summed E-state index contributed by atoms with van der Waals surface area (Å²) in [6.45, 7) is 0.257. The van der Waals surface area contributed by atoms with Gasteiger partial charge in [0.05, 0.1) is 0 Å². The lowest BCUT2D eigenvalue weighted by molar-refractivity contribution is -0.136. The molecule has 0 aliphatic carbocycles. The molecule has 0 atom stereocenters. The number of nitrogens with two attached hydrogens (primary N) is 1.